The average molecular weight is 204 g/mol. The molecule has 0 saturated carbocycles. The first kappa shape index (κ1) is 9.98. The number of benzene rings is 1. The number of esters is 1. The van der Waals surface area contributed by atoms with Gasteiger partial charge in [-0.25, -0.2) is 13.6 Å². The van der Waals surface area contributed by atoms with E-state index < -0.39 is 23.2 Å². The summed E-state index contributed by atoms with van der Waals surface area (Å²) in [7, 11) is 1.09. The molecule has 0 saturated heterocycles. The van der Waals surface area contributed by atoms with Crippen molar-refractivity contribution in [3.05, 3.63) is 29.3 Å². The van der Waals surface area contributed by atoms with Crippen LogP contribution in [0.3, 0.4) is 0 Å². The normalized spacial score (nSPS) is 9.85. The fourth-order valence-corrected chi connectivity index (χ4v) is 1.08. The third-order valence-electron chi connectivity index (χ3n) is 1.42. The van der Waals surface area contributed by atoms with Gasteiger partial charge < -0.3 is 4.74 Å². The number of hydrogen-bond acceptors (Lipinski definition) is 3. The fourth-order valence-electron chi connectivity index (χ4n) is 0.833. The molecule has 0 heterocycles. The molecule has 0 unspecified atom stereocenters. The molecule has 2 nitrogen and oxygen atoms in total. The van der Waals surface area contributed by atoms with Crippen molar-refractivity contribution in [2.24, 2.45) is 0 Å². The van der Waals surface area contributed by atoms with Gasteiger partial charge in [0.25, 0.3) is 0 Å². The molecule has 0 bridgehead atoms. The number of thiol groups is 1. The molecule has 0 aliphatic heterocycles. The number of methoxy groups -OCH3 is 1. The minimum Gasteiger partial charge on any atom is -0.465 e. The van der Waals surface area contributed by atoms with Crippen molar-refractivity contribution in [3.63, 3.8) is 0 Å². The van der Waals surface area contributed by atoms with Crippen LogP contribution in [0.5, 0.6) is 0 Å². The molecule has 1 aromatic rings. The van der Waals surface area contributed by atoms with Gasteiger partial charge in [0.05, 0.1) is 12.7 Å². The minimum absolute atomic E-state index is 0.166. The van der Waals surface area contributed by atoms with E-state index in [0.29, 0.717) is 0 Å². The number of halogens is 2. The van der Waals surface area contributed by atoms with Crippen LogP contribution < -0.4 is 0 Å². The monoisotopic (exact) mass is 204 g/mol. The summed E-state index contributed by atoms with van der Waals surface area (Å²) >= 11 is 3.79. The van der Waals surface area contributed by atoms with Crippen molar-refractivity contribution in [1.29, 1.82) is 0 Å². The molecule has 0 amide bonds. The Labute approximate surface area is 78.9 Å². The minimum atomic E-state index is -1.22. The first-order valence-corrected chi connectivity index (χ1v) is 3.77. The van der Waals surface area contributed by atoms with Crippen LogP contribution in [0.15, 0.2) is 17.0 Å². The summed E-state index contributed by atoms with van der Waals surface area (Å²) in [5.74, 6) is -3.26. The fraction of sp³-hybridized carbons (Fsp3) is 0.125. The zero-order valence-electron chi connectivity index (χ0n) is 6.67. The highest BCUT2D eigenvalue weighted by Crippen LogP contribution is 2.17. The van der Waals surface area contributed by atoms with Crippen molar-refractivity contribution in [2.45, 2.75) is 4.90 Å². The molecule has 13 heavy (non-hydrogen) atoms. The SMILES string of the molecule is COC(=O)c1cc(S)cc(F)c1F. The maximum atomic E-state index is 12.9. The number of carbonyl (C=O) groups excluding carboxylic acids is 1. The van der Waals surface area contributed by atoms with Crippen molar-refractivity contribution in [1.82, 2.24) is 0 Å². The lowest BCUT2D eigenvalue weighted by molar-refractivity contribution is 0.0594. The molecule has 0 fully saturated rings. The summed E-state index contributed by atoms with van der Waals surface area (Å²) < 4.78 is 29.9. The van der Waals surface area contributed by atoms with Gasteiger partial charge in [-0.3, -0.25) is 0 Å². The average Bonchev–Trinajstić information content (AvgIpc) is 2.10. The molecule has 0 radical (unpaired) electrons. The van der Waals surface area contributed by atoms with E-state index >= 15 is 0 Å². The van der Waals surface area contributed by atoms with Gasteiger partial charge in [-0.2, -0.15) is 0 Å². The van der Waals surface area contributed by atoms with Gasteiger partial charge in [0.1, 0.15) is 0 Å². The molecule has 1 aromatic carbocycles. The van der Waals surface area contributed by atoms with Crippen molar-refractivity contribution >= 4 is 18.6 Å². The largest absolute Gasteiger partial charge is 0.465 e. The summed E-state index contributed by atoms with van der Waals surface area (Å²) in [5.41, 5.74) is -0.451. The molecule has 0 aromatic heterocycles. The molecule has 0 atom stereocenters. The van der Waals surface area contributed by atoms with Gasteiger partial charge in [0.15, 0.2) is 11.6 Å². The lowest BCUT2D eigenvalue weighted by atomic mass is 10.2. The van der Waals surface area contributed by atoms with Crippen molar-refractivity contribution < 1.29 is 18.3 Å². The summed E-state index contributed by atoms with van der Waals surface area (Å²) in [6.07, 6.45) is 0. The van der Waals surface area contributed by atoms with Crippen LogP contribution in [-0.4, -0.2) is 13.1 Å². The van der Waals surface area contributed by atoms with E-state index in [0.717, 1.165) is 19.2 Å². The van der Waals surface area contributed by atoms with E-state index in [9.17, 15) is 13.6 Å². The predicted molar refractivity (Wildman–Crippen MR) is 44.9 cm³/mol. The number of ether oxygens (including phenoxy) is 1. The zero-order valence-corrected chi connectivity index (χ0v) is 7.57. The summed E-state index contributed by atoms with van der Waals surface area (Å²) in [6.45, 7) is 0. The quantitative estimate of drug-likeness (QED) is 0.559. The smallest absolute Gasteiger partial charge is 0.340 e. The van der Waals surface area contributed by atoms with Crippen LogP contribution >= 0.6 is 12.6 Å². The van der Waals surface area contributed by atoms with Crippen LogP contribution in [0.1, 0.15) is 10.4 Å². The van der Waals surface area contributed by atoms with E-state index in [-0.39, 0.29) is 4.90 Å². The third kappa shape index (κ3) is 1.98. The highest BCUT2D eigenvalue weighted by Gasteiger charge is 2.16. The lowest BCUT2D eigenvalue weighted by Gasteiger charge is -2.02. The Bertz CT molecular complexity index is 352. The van der Waals surface area contributed by atoms with E-state index in [2.05, 4.69) is 17.4 Å². The Morgan fingerprint density at radius 1 is 1.46 bits per heavy atom. The molecule has 0 spiro atoms. The van der Waals surface area contributed by atoms with Crippen LogP contribution in [0.2, 0.25) is 0 Å². The molecule has 70 valence electrons. The van der Waals surface area contributed by atoms with E-state index in [4.69, 9.17) is 0 Å². The first-order chi connectivity index (χ1) is 6.06. The van der Waals surface area contributed by atoms with Crippen molar-refractivity contribution in [2.75, 3.05) is 7.11 Å². The lowest BCUT2D eigenvalue weighted by Crippen LogP contribution is -2.06. The third-order valence-corrected chi connectivity index (χ3v) is 1.68. The molecule has 1 rings (SSSR count). The topological polar surface area (TPSA) is 26.3 Å². The van der Waals surface area contributed by atoms with E-state index in [1.165, 1.54) is 0 Å². The second kappa shape index (κ2) is 3.74. The molecule has 0 aliphatic rings. The van der Waals surface area contributed by atoms with Gasteiger partial charge in [-0.1, -0.05) is 0 Å². The maximum Gasteiger partial charge on any atom is 0.340 e. The second-order valence-electron chi connectivity index (χ2n) is 2.28. The zero-order chi connectivity index (χ0) is 10.0. The Morgan fingerprint density at radius 3 is 2.62 bits per heavy atom. The number of hydrogen-bond donors (Lipinski definition) is 1. The van der Waals surface area contributed by atoms with Gasteiger partial charge in [0.2, 0.25) is 0 Å². The highest BCUT2D eigenvalue weighted by molar-refractivity contribution is 7.80. The highest BCUT2D eigenvalue weighted by atomic mass is 32.1. The summed E-state index contributed by atoms with van der Waals surface area (Å²) in [4.78, 5) is 11.0. The summed E-state index contributed by atoms with van der Waals surface area (Å²) in [6, 6.07) is 1.98. The van der Waals surface area contributed by atoms with Crippen molar-refractivity contribution in [3.8, 4) is 0 Å². The van der Waals surface area contributed by atoms with Gasteiger partial charge in [-0.15, -0.1) is 12.6 Å². The predicted octanol–water partition coefficient (Wildman–Crippen LogP) is 2.04. The number of carbonyl (C=O) groups is 1. The van der Waals surface area contributed by atoms with Crippen LogP contribution in [0.4, 0.5) is 8.78 Å². The Hall–Kier alpha value is -1.10. The van der Waals surface area contributed by atoms with Gasteiger partial charge in [-0.05, 0) is 12.1 Å². The Balaban J connectivity index is 3.28. The van der Waals surface area contributed by atoms with E-state index in [1.807, 2.05) is 0 Å². The van der Waals surface area contributed by atoms with Crippen LogP contribution in [0.25, 0.3) is 0 Å². The number of rotatable bonds is 1. The molecular formula is C8H6F2O2S. The van der Waals surface area contributed by atoms with Gasteiger partial charge in [0, 0.05) is 4.90 Å². The second-order valence-corrected chi connectivity index (χ2v) is 2.80. The first-order valence-electron chi connectivity index (χ1n) is 3.32. The van der Waals surface area contributed by atoms with Gasteiger partial charge >= 0.3 is 5.97 Å². The molecular weight excluding hydrogens is 198 g/mol. The standard InChI is InChI=1S/C8H6F2O2S/c1-12-8(11)5-2-4(13)3-6(9)7(5)10/h2-3,13H,1H3. The van der Waals surface area contributed by atoms with Crippen LogP contribution in [-0.2, 0) is 4.74 Å². The Morgan fingerprint density at radius 2 is 2.08 bits per heavy atom. The maximum absolute atomic E-state index is 12.9. The Kier molecular flexibility index (Phi) is 2.87. The molecule has 0 N–H and O–H groups in total. The van der Waals surface area contributed by atoms with E-state index in [1.54, 1.807) is 0 Å². The van der Waals surface area contributed by atoms with Crippen LogP contribution in [0, 0.1) is 11.6 Å². The summed E-state index contributed by atoms with van der Waals surface area (Å²) in [5, 5.41) is 0. The molecule has 0 aliphatic carbocycles. The molecule has 5 heteroatoms.